The molecule has 0 aliphatic rings. The predicted molar refractivity (Wildman–Crippen MR) is 49.6 cm³/mol. The molecule has 0 saturated carbocycles. The van der Waals surface area contributed by atoms with E-state index in [0.717, 1.165) is 11.6 Å². The van der Waals surface area contributed by atoms with Gasteiger partial charge in [0.1, 0.15) is 0 Å². The van der Waals surface area contributed by atoms with Crippen LogP contribution in [0.4, 0.5) is 13.2 Å². The zero-order valence-corrected chi connectivity index (χ0v) is 8.04. The van der Waals surface area contributed by atoms with Crippen LogP contribution in [0, 0.1) is 0 Å². The normalized spacial score (nSPS) is 12.3. The number of aromatic nitrogens is 2. The lowest BCUT2D eigenvalue weighted by Crippen LogP contribution is -2.05. The fourth-order valence-electron chi connectivity index (χ4n) is 1.51. The zero-order valence-electron chi connectivity index (χ0n) is 8.04. The summed E-state index contributed by atoms with van der Waals surface area (Å²) in [7, 11) is 0. The Morgan fingerprint density at radius 1 is 1.40 bits per heavy atom. The van der Waals surface area contributed by atoms with Gasteiger partial charge in [-0.2, -0.15) is 18.3 Å². The van der Waals surface area contributed by atoms with E-state index in [4.69, 9.17) is 0 Å². The highest BCUT2D eigenvalue weighted by atomic mass is 19.4. The second-order valence-corrected chi connectivity index (χ2v) is 3.24. The lowest BCUT2D eigenvalue weighted by molar-refractivity contribution is -0.141. The summed E-state index contributed by atoms with van der Waals surface area (Å²) < 4.78 is 38.4. The molecule has 15 heavy (non-hydrogen) atoms. The first-order valence-corrected chi connectivity index (χ1v) is 4.57. The Kier molecular flexibility index (Phi) is 2.17. The van der Waals surface area contributed by atoms with Gasteiger partial charge >= 0.3 is 6.18 Å². The second-order valence-electron chi connectivity index (χ2n) is 3.24. The van der Waals surface area contributed by atoms with Crippen LogP contribution in [-0.2, 0) is 12.6 Å². The molecule has 0 saturated heterocycles. The molecule has 2 nitrogen and oxygen atoms in total. The largest absolute Gasteiger partial charge is 0.435 e. The molecule has 2 aromatic heterocycles. The summed E-state index contributed by atoms with van der Waals surface area (Å²) in [4.78, 5) is 0. The molecule has 0 bridgehead atoms. The van der Waals surface area contributed by atoms with Gasteiger partial charge in [-0.15, -0.1) is 0 Å². The van der Waals surface area contributed by atoms with Crippen LogP contribution in [0.3, 0.4) is 0 Å². The van der Waals surface area contributed by atoms with Crippen molar-refractivity contribution in [3.05, 3.63) is 35.7 Å². The van der Waals surface area contributed by atoms with E-state index >= 15 is 0 Å². The Balaban J connectivity index is 2.65. The molecular weight excluding hydrogens is 205 g/mol. The average molecular weight is 214 g/mol. The fourth-order valence-corrected chi connectivity index (χ4v) is 1.51. The maximum Gasteiger partial charge on any atom is 0.435 e. The van der Waals surface area contributed by atoms with Gasteiger partial charge in [0.15, 0.2) is 5.69 Å². The summed E-state index contributed by atoms with van der Waals surface area (Å²) in [5.74, 6) is 0. The van der Waals surface area contributed by atoms with Gasteiger partial charge in [-0.25, -0.2) is 4.52 Å². The van der Waals surface area contributed by atoms with Crippen LogP contribution >= 0.6 is 0 Å². The van der Waals surface area contributed by atoms with Crippen molar-refractivity contribution in [1.82, 2.24) is 9.61 Å². The molecule has 0 atom stereocenters. The van der Waals surface area contributed by atoms with Crippen LogP contribution in [0.1, 0.15) is 18.2 Å². The second kappa shape index (κ2) is 3.25. The number of nitrogens with zero attached hydrogens (tertiary/aromatic N) is 2. The molecule has 2 heterocycles. The molecule has 0 radical (unpaired) electrons. The van der Waals surface area contributed by atoms with Gasteiger partial charge in [-0.3, -0.25) is 0 Å². The maximum atomic E-state index is 12.4. The number of pyridine rings is 1. The number of aryl methyl sites for hydroxylation is 1. The number of hydrogen-bond acceptors (Lipinski definition) is 1. The van der Waals surface area contributed by atoms with Gasteiger partial charge < -0.3 is 0 Å². The first-order chi connectivity index (χ1) is 7.02. The van der Waals surface area contributed by atoms with E-state index in [2.05, 4.69) is 5.10 Å². The monoisotopic (exact) mass is 214 g/mol. The quantitative estimate of drug-likeness (QED) is 0.713. The molecule has 0 unspecified atom stereocenters. The maximum absolute atomic E-state index is 12.4. The highest BCUT2D eigenvalue weighted by molar-refractivity contribution is 5.55. The van der Waals surface area contributed by atoms with Gasteiger partial charge in [0.05, 0.1) is 5.52 Å². The van der Waals surface area contributed by atoms with Gasteiger partial charge in [-0.1, -0.05) is 13.0 Å². The van der Waals surface area contributed by atoms with Crippen LogP contribution in [0.25, 0.3) is 5.52 Å². The molecule has 2 aromatic rings. The molecule has 0 aromatic carbocycles. The summed E-state index contributed by atoms with van der Waals surface area (Å²) in [6, 6.07) is 4.58. The molecule has 0 amide bonds. The lowest BCUT2D eigenvalue weighted by Gasteiger charge is -1.98. The minimum atomic E-state index is -4.38. The lowest BCUT2D eigenvalue weighted by atomic mass is 10.2. The van der Waals surface area contributed by atoms with Gasteiger partial charge in [-0.05, 0) is 24.1 Å². The molecular formula is C10H9F3N2. The van der Waals surface area contributed by atoms with E-state index in [-0.39, 0.29) is 0 Å². The third kappa shape index (κ3) is 1.69. The predicted octanol–water partition coefficient (Wildman–Crippen LogP) is 2.92. The van der Waals surface area contributed by atoms with Crippen molar-refractivity contribution < 1.29 is 13.2 Å². The Morgan fingerprint density at radius 3 is 2.73 bits per heavy atom. The number of hydrogen-bond donors (Lipinski definition) is 0. The van der Waals surface area contributed by atoms with Crippen molar-refractivity contribution in [2.75, 3.05) is 0 Å². The van der Waals surface area contributed by atoms with Crippen LogP contribution in [0.15, 0.2) is 24.4 Å². The molecule has 80 valence electrons. The highest BCUT2D eigenvalue weighted by Crippen LogP contribution is 2.29. The summed E-state index contributed by atoms with van der Waals surface area (Å²) >= 11 is 0. The van der Waals surface area contributed by atoms with Crippen molar-refractivity contribution in [3.63, 3.8) is 0 Å². The third-order valence-electron chi connectivity index (χ3n) is 2.26. The molecule has 0 fully saturated rings. The van der Waals surface area contributed by atoms with E-state index < -0.39 is 11.9 Å². The van der Waals surface area contributed by atoms with E-state index in [1.54, 1.807) is 12.1 Å². The van der Waals surface area contributed by atoms with Crippen molar-refractivity contribution in [2.45, 2.75) is 19.5 Å². The minimum absolute atomic E-state index is 0.521. The van der Waals surface area contributed by atoms with Crippen molar-refractivity contribution in [2.24, 2.45) is 0 Å². The summed E-state index contributed by atoms with van der Waals surface area (Å²) in [5, 5.41) is 3.48. The number of alkyl halides is 3. The number of halogens is 3. The summed E-state index contributed by atoms with van der Waals surface area (Å²) in [5.41, 5.74) is 0.538. The van der Waals surface area contributed by atoms with Gasteiger partial charge in [0.25, 0.3) is 0 Å². The summed E-state index contributed by atoms with van der Waals surface area (Å²) in [6.45, 7) is 1.90. The first kappa shape index (κ1) is 10.0. The Bertz CT molecular complexity index is 485. The van der Waals surface area contributed by atoms with Crippen molar-refractivity contribution in [3.8, 4) is 0 Å². The number of rotatable bonds is 1. The highest BCUT2D eigenvalue weighted by Gasteiger charge is 2.34. The van der Waals surface area contributed by atoms with E-state index in [1.165, 1.54) is 10.7 Å². The topological polar surface area (TPSA) is 17.3 Å². The Hall–Kier alpha value is -1.52. The van der Waals surface area contributed by atoms with Gasteiger partial charge in [0, 0.05) is 6.20 Å². The standard InChI is InChI=1S/C10H9F3N2/c1-2-7-4-3-5-15-8(7)6-9(14-15)10(11,12)13/h3-6H,2H2,1H3. The average Bonchev–Trinajstić information content (AvgIpc) is 2.59. The molecule has 2 rings (SSSR count). The minimum Gasteiger partial charge on any atom is -0.240 e. The third-order valence-corrected chi connectivity index (χ3v) is 2.26. The summed E-state index contributed by atoms with van der Waals surface area (Å²) in [6.07, 6.45) is -2.17. The van der Waals surface area contributed by atoms with Crippen LogP contribution in [0.2, 0.25) is 0 Å². The SMILES string of the molecule is CCc1cccn2nc(C(F)(F)F)cc12. The molecule has 0 aliphatic heterocycles. The molecule has 5 heteroatoms. The fraction of sp³-hybridized carbons (Fsp3) is 0.300. The molecule has 0 spiro atoms. The van der Waals surface area contributed by atoms with Crippen LogP contribution < -0.4 is 0 Å². The van der Waals surface area contributed by atoms with E-state index in [1.807, 2.05) is 6.92 Å². The van der Waals surface area contributed by atoms with E-state index in [9.17, 15) is 13.2 Å². The van der Waals surface area contributed by atoms with Crippen molar-refractivity contribution >= 4 is 5.52 Å². The Labute approximate surface area is 84.3 Å². The van der Waals surface area contributed by atoms with Crippen LogP contribution in [-0.4, -0.2) is 9.61 Å². The van der Waals surface area contributed by atoms with Gasteiger partial charge in [0.2, 0.25) is 0 Å². The Morgan fingerprint density at radius 2 is 2.13 bits per heavy atom. The molecule has 0 aliphatic carbocycles. The zero-order chi connectivity index (χ0) is 11.1. The molecule has 0 N–H and O–H groups in total. The first-order valence-electron chi connectivity index (χ1n) is 4.57. The number of fused-ring (bicyclic) bond motifs is 1. The van der Waals surface area contributed by atoms with Crippen LogP contribution in [0.5, 0.6) is 0 Å². The smallest absolute Gasteiger partial charge is 0.240 e. The van der Waals surface area contributed by atoms with E-state index in [0.29, 0.717) is 11.9 Å². The van der Waals surface area contributed by atoms with Crippen molar-refractivity contribution in [1.29, 1.82) is 0 Å².